The van der Waals surface area contributed by atoms with Gasteiger partial charge in [0.1, 0.15) is 0 Å². The van der Waals surface area contributed by atoms with Crippen molar-refractivity contribution >= 4 is 5.91 Å². The largest absolute Gasteiger partial charge is 0.493 e. The molecule has 4 rings (SSSR count). The molecule has 1 saturated heterocycles. The summed E-state index contributed by atoms with van der Waals surface area (Å²) in [6.45, 7) is 6.59. The molecule has 2 aromatic carbocycles. The molecule has 0 spiro atoms. The fourth-order valence-electron chi connectivity index (χ4n) is 3.67. The van der Waals surface area contributed by atoms with Crippen molar-refractivity contribution in [1.82, 2.24) is 9.80 Å². The molecule has 0 saturated carbocycles. The van der Waals surface area contributed by atoms with Crippen LogP contribution in [0.3, 0.4) is 0 Å². The quantitative estimate of drug-likeness (QED) is 0.746. The maximum absolute atomic E-state index is 12.9. The highest BCUT2D eigenvalue weighted by atomic mass is 16.7. The molecule has 0 unspecified atom stereocenters. The lowest BCUT2D eigenvalue weighted by Gasteiger charge is -2.35. The Morgan fingerprint density at radius 1 is 1.00 bits per heavy atom. The number of hydrogen-bond acceptors (Lipinski definition) is 6. The zero-order chi connectivity index (χ0) is 20.2. The first-order chi connectivity index (χ1) is 14.2. The van der Waals surface area contributed by atoms with Gasteiger partial charge in [0.2, 0.25) is 6.79 Å². The number of rotatable bonds is 6. The van der Waals surface area contributed by atoms with E-state index >= 15 is 0 Å². The summed E-state index contributed by atoms with van der Waals surface area (Å²) in [6.07, 6.45) is 0. The smallest absolute Gasteiger partial charge is 0.254 e. The van der Waals surface area contributed by atoms with E-state index in [1.807, 2.05) is 24.0 Å². The van der Waals surface area contributed by atoms with Crippen LogP contribution in [0.1, 0.15) is 22.8 Å². The Morgan fingerprint density at radius 3 is 2.55 bits per heavy atom. The first kappa shape index (κ1) is 19.4. The van der Waals surface area contributed by atoms with Gasteiger partial charge in [0, 0.05) is 38.3 Å². The Labute approximate surface area is 170 Å². The van der Waals surface area contributed by atoms with Crippen LogP contribution in [0.4, 0.5) is 0 Å². The minimum Gasteiger partial charge on any atom is -0.493 e. The lowest BCUT2D eigenvalue weighted by Crippen LogP contribution is -2.48. The minimum atomic E-state index is 0.0244. The molecule has 1 fully saturated rings. The second kappa shape index (κ2) is 8.61. The molecule has 7 nitrogen and oxygen atoms in total. The molecule has 2 aliphatic heterocycles. The van der Waals surface area contributed by atoms with Gasteiger partial charge in [-0.1, -0.05) is 6.07 Å². The molecule has 0 aromatic heterocycles. The van der Waals surface area contributed by atoms with E-state index in [-0.39, 0.29) is 12.7 Å². The Kier molecular flexibility index (Phi) is 5.76. The molecular formula is C22H26N2O5. The summed E-state index contributed by atoms with van der Waals surface area (Å²) >= 11 is 0. The number of nitrogens with zero attached hydrogens (tertiary/aromatic N) is 2. The number of carbonyl (C=O) groups is 1. The Balaban J connectivity index is 1.35. The molecule has 0 radical (unpaired) electrons. The molecule has 2 heterocycles. The van der Waals surface area contributed by atoms with Gasteiger partial charge < -0.3 is 23.8 Å². The average molecular weight is 398 g/mol. The number of amides is 1. The second-order valence-electron chi connectivity index (χ2n) is 7.05. The van der Waals surface area contributed by atoms with E-state index in [4.69, 9.17) is 18.9 Å². The van der Waals surface area contributed by atoms with E-state index in [9.17, 15) is 4.79 Å². The monoisotopic (exact) mass is 398 g/mol. The highest BCUT2D eigenvalue weighted by Gasteiger charge is 2.23. The maximum Gasteiger partial charge on any atom is 0.254 e. The maximum atomic E-state index is 12.9. The summed E-state index contributed by atoms with van der Waals surface area (Å²) in [4.78, 5) is 17.2. The van der Waals surface area contributed by atoms with Crippen LogP contribution in [0.5, 0.6) is 23.0 Å². The van der Waals surface area contributed by atoms with Crippen molar-refractivity contribution in [2.45, 2.75) is 13.5 Å². The number of hydrogen-bond donors (Lipinski definition) is 0. The third-order valence-corrected chi connectivity index (χ3v) is 5.21. The van der Waals surface area contributed by atoms with Gasteiger partial charge in [-0.2, -0.15) is 0 Å². The SMILES string of the molecule is CCOc1cc(C(=O)N2CCN(Cc3ccc4c(c3)OCO4)CC2)ccc1OC. The van der Waals surface area contributed by atoms with Crippen LogP contribution in [0.2, 0.25) is 0 Å². The van der Waals surface area contributed by atoms with Crippen molar-refractivity contribution in [3.63, 3.8) is 0 Å². The molecule has 0 N–H and O–H groups in total. The van der Waals surface area contributed by atoms with E-state index < -0.39 is 0 Å². The Bertz CT molecular complexity index is 878. The number of benzene rings is 2. The van der Waals surface area contributed by atoms with Gasteiger partial charge in [-0.15, -0.1) is 0 Å². The highest BCUT2D eigenvalue weighted by molar-refractivity contribution is 5.95. The molecule has 1 amide bonds. The molecule has 29 heavy (non-hydrogen) atoms. The third kappa shape index (κ3) is 4.24. The second-order valence-corrected chi connectivity index (χ2v) is 7.05. The van der Waals surface area contributed by atoms with Gasteiger partial charge in [0.15, 0.2) is 23.0 Å². The predicted molar refractivity (Wildman–Crippen MR) is 108 cm³/mol. The molecule has 7 heteroatoms. The summed E-state index contributed by atoms with van der Waals surface area (Å²) < 4.78 is 21.7. The van der Waals surface area contributed by atoms with Gasteiger partial charge in [-0.3, -0.25) is 9.69 Å². The predicted octanol–water partition coefficient (Wildman–Crippen LogP) is 2.78. The van der Waals surface area contributed by atoms with Crippen LogP contribution in [0.25, 0.3) is 0 Å². The van der Waals surface area contributed by atoms with Gasteiger partial charge in [-0.05, 0) is 42.8 Å². The van der Waals surface area contributed by atoms with Crippen LogP contribution < -0.4 is 18.9 Å². The molecule has 154 valence electrons. The first-order valence-electron chi connectivity index (χ1n) is 9.89. The van der Waals surface area contributed by atoms with Crippen molar-refractivity contribution in [2.75, 3.05) is 46.7 Å². The van der Waals surface area contributed by atoms with E-state index in [1.54, 1.807) is 25.3 Å². The third-order valence-electron chi connectivity index (χ3n) is 5.21. The summed E-state index contributed by atoms with van der Waals surface area (Å²) in [6, 6.07) is 11.4. The van der Waals surface area contributed by atoms with Crippen LogP contribution in [0.15, 0.2) is 36.4 Å². The fraction of sp³-hybridized carbons (Fsp3) is 0.409. The topological polar surface area (TPSA) is 60.5 Å². The fourth-order valence-corrected chi connectivity index (χ4v) is 3.67. The van der Waals surface area contributed by atoms with Gasteiger partial charge in [-0.25, -0.2) is 0 Å². The summed E-state index contributed by atoms with van der Waals surface area (Å²) in [5, 5.41) is 0. The van der Waals surface area contributed by atoms with Crippen molar-refractivity contribution < 1.29 is 23.7 Å². The molecule has 2 aliphatic rings. The van der Waals surface area contributed by atoms with Crippen LogP contribution in [0, 0.1) is 0 Å². The van der Waals surface area contributed by atoms with Crippen LogP contribution in [-0.2, 0) is 6.54 Å². The number of carbonyl (C=O) groups excluding carboxylic acids is 1. The summed E-state index contributed by atoms with van der Waals surface area (Å²) in [7, 11) is 1.60. The molecule has 0 bridgehead atoms. The summed E-state index contributed by atoms with van der Waals surface area (Å²) in [5.74, 6) is 2.87. The minimum absolute atomic E-state index is 0.0244. The van der Waals surface area contributed by atoms with Crippen molar-refractivity contribution in [3.05, 3.63) is 47.5 Å². The van der Waals surface area contributed by atoms with E-state index in [0.717, 1.165) is 31.1 Å². The number of ether oxygens (including phenoxy) is 4. The highest BCUT2D eigenvalue weighted by Crippen LogP contribution is 2.33. The van der Waals surface area contributed by atoms with Crippen molar-refractivity contribution in [3.8, 4) is 23.0 Å². The Morgan fingerprint density at radius 2 is 1.79 bits per heavy atom. The van der Waals surface area contributed by atoms with E-state index in [0.29, 0.717) is 36.8 Å². The zero-order valence-electron chi connectivity index (χ0n) is 16.8. The molecule has 2 aromatic rings. The standard InChI is InChI=1S/C22H26N2O5/c1-3-27-21-13-17(5-7-18(21)26-2)22(25)24-10-8-23(9-11-24)14-16-4-6-19-20(12-16)29-15-28-19/h4-7,12-13H,3,8-11,14-15H2,1-2H3. The molecule has 0 aliphatic carbocycles. The first-order valence-corrected chi connectivity index (χ1v) is 9.89. The van der Waals surface area contributed by atoms with E-state index in [2.05, 4.69) is 11.0 Å². The van der Waals surface area contributed by atoms with Gasteiger partial charge in [0.05, 0.1) is 13.7 Å². The summed E-state index contributed by atoms with van der Waals surface area (Å²) in [5.41, 5.74) is 1.81. The van der Waals surface area contributed by atoms with Gasteiger partial charge in [0.25, 0.3) is 5.91 Å². The molecule has 0 atom stereocenters. The van der Waals surface area contributed by atoms with Crippen LogP contribution in [-0.4, -0.2) is 62.4 Å². The normalized spacial score (nSPS) is 16.0. The van der Waals surface area contributed by atoms with Crippen LogP contribution >= 0.6 is 0 Å². The van der Waals surface area contributed by atoms with Crippen molar-refractivity contribution in [2.24, 2.45) is 0 Å². The Hall–Kier alpha value is -2.93. The van der Waals surface area contributed by atoms with Gasteiger partial charge >= 0.3 is 0 Å². The van der Waals surface area contributed by atoms with E-state index in [1.165, 1.54) is 5.56 Å². The average Bonchev–Trinajstić information content (AvgIpc) is 3.22. The number of fused-ring (bicyclic) bond motifs is 1. The zero-order valence-corrected chi connectivity index (χ0v) is 16.8. The molecular weight excluding hydrogens is 372 g/mol. The number of methoxy groups -OCH3 is 1. The lowest BCUT2D eigenvalue weighted by molar-refractivity contribution is 0.0628. The number of piperazine rings is 1. The van der Waals surface area contributed by atoms with Crippen molar-refractivity contribution in [1.29, 1.82) is 0 Å². The lowest BCUT2D eigenvalue weighted by atomic mass is 10.1.